The van der Waals surface area contributed by atoms with Crippen molar-refractivity contribution in [1.82, 2.24) is 30.4 Å². The van der Waals surface area contributed by atoms with Crippen LogP contribution >= 0.6 is 12.4 Å². The van der Waals surface area contributed by atoms with Gasteiger partial charge in [-0.05, 0) is 37.4 Å². The van der Waals surface area contributed by atoms with Crippen LogP contribution in [0.15, 0.2) is 24.3 Å². The standard InChI is InChI=1S/C20H24BN7O3.ClH/c1-11-10-28(7-6-22-11)20(29)19-23-15-5-4-13(21(30)31)8-14(15)18(25-19)24-17-9-16(26-27-17)12-2-3-12;/h4-5,8-9,11-12,22,30-31H,2-3,6-7,10H2,1H3,(H2,23,24,25,26,27);1H/t11-;/m1./s1. The number of aromatic nitrogens is 4. The summed E-state index contributed by atoms with van der Waals surface area (Å²) in [5, 5.41) is 33.6. The zero-order valence-corrected chi connectivity index (χ0v) is 18.4. The van der Waals surface area contributed by atoms with Crippen molar-refractivity contribution in [3.8, 4) is 0 Å². The Labute approximate surface area is 191 Å². The number of hydrogen-bond donors (Lipinski definition) is 5. The number of benzene rings is 1. The minimum Gasteiger partial charge on any atom is -0.423 e. The molecule has 0 unspecified atom stereocenters. The molecule has 5 rings (SSSR count). The van der Waals surface area contributed by atoms with Gasteiger partial charge in [-0.1, -0.05) is 6.07 Å². The number of rotatable bonds is 5. The van der Waals surface area contributed by atoms with Gasteiger partial charge in [0, 0.05) is 48.7 Å². The van der Waals surface area contributed by atoms with Gasteiger partial charge in [-0.3, -0.25) is 9.89 Å². The summed E-state index contributed by atoms with van der Waals surface area (Å²) in [6.07, 6.45) is 2.30. The minimum absolute atomic E-state index is 0. The minimum atomic E-state index is -1.62. The summed E-state index contributed by atoms with van der Waals surface area (Å²) in [6.45, 7) is 3.93. The maximum absolute atomic E-state index is 13.1. The van der Waals surface area contributed by atoms with Crippen LogP contribution in [0.25, 0.3) is 10.9 Å². The highest BCUT2D eigenvalue weighted by Gasteiger charge is 2.27. The molecule has 1 aromatic carbocycles. The average molecular weight is 458 g/mol. The Morgan fingerprint density at radius 2 is 2.06 bits per heavy atom. The highest BCUT2D eigenvalue weighted by Crippen LogP contribution is 2.39. The van der Waals surface area contributed by atoms with Crippen LogP contribution < -0.4 is 16.1 Å². The molecule has 0 bridgehead atoms. The number of H-pyrrole nitrogens is 1. The van der Waals surface area contributed by atoms with Crippen molar-refractivity contribution in [3.05, 3.63) is 35.8 Å². The van der Waals surface area contributed by atoms with E-state index in [1.165, 1.54) is 0 Å². The Kier molecular flexibility index (Phi) is 6.34. The van der Waals surface area contributed by atoms with E-state index in [-0.39, 0.29) is 30.2 Å². The summed E-state index contributed by atoms with van der Waals surface area (Å²) >= 11 is 0. The van der Waals surface area contributed by atoms with Crippen molar-refractivity contribution in [2.75, 3.05) is 25.0 Å². The Morgan fingerprint density at radius 3 is 2.78 bits per heavy atom. The van der Waals surface area contributed by atoms with Gasteiger partial charge in [0.05, 0.1) is 5.52 Å². The predicted octanol–water partition coefficient (Wildman–Crippen LogP) is 0.509. The largest absolute Gasteiger partial charge is 0.488 e. The zero-order valence-electron chi connectivity index (χ0n) is 17.6. The summed E-state index contributed by atoms with van der Waals surface area (Å²) < 4.78 is 0. The molecule has 0 spiro atoms. The SMILES string of the molecule is C[C@@H]1CN(C(=O)c2nc(Nc3cc(C4CC4)[nH]n3)c3cc(B(O)O)ccc3n2)CCN1.Cl. The van der Waals surface area contributed by atoms with Crippen LogP contribution in [-0.2, 0) is 0 Å². The van der Waals surface area contributed by atoms with Crippen molar-refractivity contribution in [1.29, 1.82) is 0 Å². The van der Waals surface area contributed by atoms with Crippen LogP contribution in [0.5, 0.6) is 0 Å². The zero-order chi connectivity index (χ0) is 21.5. The number of fused-ring (bicyclic) bond motifs is 1. The van der Waals surface area contributed by atoms with Gasteiger partial charge in [-0.2, -0.15) is 5.10 Å². The molecule has 5 N–H and O–H groups in total. The van der Waals surface area contributed by atoms with Crippen LogP contribution in [0.4, 0.5) is 11.6 Å². The first-order valence-corrected chi connectivity index (χ1v) is 10.5. The Morgan fingerprint density at radius 1 is 1.25 bits per heavy atom. The number of halogens is 1. The third-order valence-electron chi connectivity index (χ3n) is 5.73. The summed E-state index contributed by atoms with van der Waals surface area (Å²) in [6, 6.07) is 6.99. The number of aromatic amines is 1. The topological polar surface area (TPSA) is 139 Å². The van der Waals surface area contributed by atoms with E-state index >= 15 is 0 Å². The number of carbonyl (C=O) groups is 1. The lowest BCUT2D eigenvalue weighted by Crippen LogP contribution is -2.51. The van der Waals surface area contributed by atoms with Crippen LogP contribution in [-0.4, -0.2) is 73.8 Å². The molecule has 1 atom stereocenters. The molecule has 2 aliphatic rings. The smallest absolute Gasteiger partial charge is 0.423 e. The second-order valence-electron chi connectivity index (χ2n) is 8.26. The fourth-order valence-electron chi connectivity index (χ4n) is 3.88. The second-order valence-corrected chi connectivity index (χ2v) is 8.26. The quantitative estimate of drug-likeness (QED) is 0.349. The van der Waals surface area contributed by atoms with Gasteiger partial charge >= 0.3 is 7.12 Å². The third-order valence-corrected chi connectivity index (χ3v) is 5.73. The second kappa shape index (κ2) is 9.03. The first kappa shape index (κ1) is 22.5. The molecule has 32 heavy (non-hydrogen) atoms. The van der Waals surface area contributed by atoms with Crippen molar-refractivity contribution in [2.45, 2.75) is 31.7 Å². The molecule has 1 saturated heterocycles. The van der Waals surface area contributed by atoms with Gasteiger partial charge in [-0.15, -0.1) is 12.4 Å². The van der Waals surface area contributed by atoms with Crippen molar-refractivity contribution in [3.63, 3.8) is 0 Å². The maximum Gasteiger partial charge on any atom is 0.488 e. The summed E-state index contributed by atoms with van der Waals surface area (Å²) in [4.78, 5) is 23.8. The Bertz CT molecular complexity index is 1140. The molecule has 1 amide bonds. The van der Waals surface area contributed by atoms with E-state index < -0.39 is 7.12 Å². The lowest BCUT2D eigenvalue weighted by Gasteiger charge is -2.31. The lowest BCUT2D eigenvalue weighted by molar-refractivity contribution is 0.0697. The Hall–Kier alpha value is -2.73. The number of piperazine rings is 1. The number of carbonyl (C=O) groups excluding carboxylic acids is 1. The molecule has 1 aliphatic heterocycles. The molecule has 0 radical (unpaired) electrons. The average Bonchev–Trinajstić information content (AvgIpc) is 3.51. The number of anilines is 2. The van der Waals surface area contributed by atoms with Gasteiger partial charge in [0.15, 0.2) is 5.82 Å². The van der Waals surface area contributed by atoms with E-state index in [0.717, 1.165) is 25.1 Å². The predicted molar refractivity (Wildman–Crippen MR) is 124 cm³/mol. The first-order valence-electron chi connectivity index (χ1n) is 10.5. The molecule has 2 aromatic heterocycles. The van der Waals surface area contributed by atoms with Crippen LogP contribution in [0.2, 0.25) is 0 Å². The van der Waals surface area contributed by atoms with Crippen LogP contribution in [0.3, 0.4) is 0 Å². The van der Waals surface area contributed by atoms with Gasteiger partial charge in [0.1, 0.15) is 5.82 Å². The fraction of sp³-hybridized carbons (Fsp3) is 0.400. The normalized spacial score (nSPS) is 18.3. The molecule has 10 nitrogen and oxygen atoms in total. The van der Waals surface area contributed by atoms with Crippen molar-refractivity contribution >= 4 is 53.4 Å². The maximum atomic E-state index is 13.1. The number of hydrogen-bond acceptors (Lipinski definition) is 8. The van der Waals surface area contributed by atoms with E-state index in [0.29, 0.717) is 47.0 Å². The Balaban J connectivity index is 0.00000245. The van der Waals surface area contributed by atoms with E-state index in [4.69, 9.17) is 0 Å². The van der Waals surface area contributed by atoms with Crippen molar-refractivity contribution in [2.24, 2.45) is 0 Å². The molecular formula is C20H25BClN7O3. The van der Waals surface area contributed by atoms with Gasteiger partial charge in [-0.25, -0.2) is 9.97 Å². The molecule has 1 aliphatic carbocycles. The molecular weight excluding hydrogens is 433 g/mol. The van der Waals surface area contributed by atoms with E-state index in [1.807, 2.05) is 13.0 Å². The third kappa shape index (κ3) is 4.56. The van der Waals surface area contributed by atoms with Crippen molar-refractivity contribution < 1.29 is 14.8 Å². The van der Waals surface area contributed by atoms with Gasteiger partial charge < -0.3 is 25.6 Å². The monoisotopic (exact) mass is 457 g/mol. The summed E-state index contributed by atoms with van der Waals surface area (Å²) in [5.74, 6) is 1.37. The van der Waals surface area contributed by atoms with Gasteiger partial charge in [0.25, 0.3) is 5.91 Å². The molecule has 3 heterocycles. The molecule has 2 fully saturated rings. The fourth-order valence-corrected chi connectivity index (χ4v) is 3.88. The number of amides is 1. The van der Waals surface area contributed by atoms with E-state index in [2.05, 4.69) is 30.8 Å². The number of nitrogens with zero attached hydrogens (tertiary/aromatic N) is 4. The van der Waals surface area contributed by atoms with Gasteiger partial charge in [0.2, 0.25) is 5.82 Å². The molecule has 3 aromatic rings. The molecule has 12 heteroatoms. The lowest BCUT2D eigenvalue weighted by atomic mass is 9.80. The van der Waals surface area contributed by atoms with Crippen LogP contribution in [0, 0.1) is 0 Å². The molecule has 168 valence electrons. The summed E-state index contributed by atoms with van der Waals surface area (Å²) in [7, 11) is -1.62. The highest BCUT2D eigenvalue weighted by atomic mass is 35.5. The molecule has 1 saturated carbocycles. The van der Waals surface area contributed by atoms with Crippen LogP contribution in [0.1, 0.15) is 42.0 Å². The summed E-state index contributed by atoms with van der Waals surface area (Å²) in [5.41, 5.74) is 1.92. The highest BCUT2D eigenvalue weighted by molar-refractivity contribution is 6.59. The first-order chi connectivity index (χ1) is 15.0. The van der Waals surface area contributed by atoms with E-state index in [1.54, 1.807) is 23.1 Å². The number of nitrogens with one attached hydrogen (secondary N) is 3. The van der Waals surface area contributed by atoms with E-state index in [9.17, 15) is 14.8 Å².